The fourth-order valence-corrected chi connectivity index (χ4v) is 2.71. The lowest BCUT2D eigenvalue weighted by Gasteiger charge is -2.21. The number of pyridine rings is 2. The molecule has 0 bridgehead atoms. The first-order chi connectivity index (χ1) is 13.8. The fourth-order valence-electron chi connectivity index (χ4n) is 2.71. The molecule has 0 spiro atoms. The second kappa shape index (κ2) is 10.3. The molecule has 4 N–H and O–H groups in total. The molecule has 0 fully saturated rings. The Hall–Kier alpha value is -3.33. The first kappa shape index (κ1) is 22.0. The average molecular weight is 400 g/mol. The van der Waals surface area contributed by atoms with Crippen LogP contribution < -0.4 is 10.6 Å². The summed E-state index contributed by atoms with van der Waals surface area (Å²) in [6, 6.07) is 4.31. The highest BCUT2D eigenvalue weighted by molar-refractivity contribution is 6.04. The van der Waals surface area contributed by atoms with E-state index >= 15 is 0 Å². The number of nitrogens with zero attached hydrogens (tertiary/aromatic N) is 2. The maximum atomic E-state index is 12.1. The summed E-state index contributed by atoms with van der Waals surface area (Å²) in [5.74, 6) is -2.46. The van der Waals surface area contributed by atoms with Crippen LogP contribution in [-0.2, 0) is 16.0 Å². The van der Waals surface area contributed by atoms with Gasteiger partial charge in [-0.05, 0) is 36.6 Å². The van der Waals surface area contributed by atoms with Crippen molar-refractivity contribution >= 4 is 23.5 Å². The van der Waals surface area contributed by atoms with E-state index in [0.717, 1.165) is 0 Å². The molecule has 9 nitrogen and oxygen atoms in total. The minimum atomic E-state index is -1.16. The maximum absolute atomic E-state index is 12.1. The second-order valence-electron chi connectivity index (χ2n) is 7.01. The number of carboxylic acids is 2. The highest BCUT2D eigenvalue weighted by Crippen LogP contribution is 2.12. The SMILES string of the molecule is CC(C)C[C@H](N[C@@H](Cc1ccc(NC(=O)c2ccncc2)cn1)C(=O)O)C(=O)O. The largest absolute Gasteiger partial charge is 0.480 e. The molecule has 2 aromatic heterocycles. The smallest absolute Gasteiger partial charge is 0.321 e. The van der Waals surface area contributed by atoms with Crippen molar-refractivity contribution in [2.24, 2.45) is 5.92 Å². The lowest BCUT2D eigenvalue weighted by molar-refractivity contribution is -0.142. The van der Waals surface area contributed by atoms with Gasteiger partial charge in [-0.1, -0.05) is 13.8 Å². The molecule has 29 heavy (non-hydrogen) atoms. The van der Waals surface area contributed by atoms with Gasteiger partial charge in [0.25, 0.3) is 5.91 Å². The summed E-state index contributed by atoms with van der Waals surface area (Å²) in [5.41, 5.74) is 1.36. The van der Waals surface area contributed by atoms with Crippen LogP contribution in [0.25, 0.3) is 0 Å². The summed E-state index contributed by atoms with van der Waals surface area (Å²) in [6.07, 6.45) is 4.77. The number of hydrogen-bond acceptors (Lipinski definition) is 6. The van der Waals surface area contributed by atoms with E-state index in [1.54, 1.807) is 24.3 Å². The van der Waals surface area contributed by atoms with Crippen LogP contribution in [0.4, 0.5) is 5.69 Å². The van der Waals surface area contributed by atoms with E-state index in [1.807, 2.05) is 13.8 Å². The lowest BCUT2D eigenvalue weighted by Crippen LogP contribution is -2.48. The number of aromatic nitrogens is 2. The van der Waals surface area contributed by atoms with Crippen LogP contribution in [0.5, 0.6) is 0 Å². The molecule has 0 radical (unpaired) electrons. The van der Waals surface area contributed by atoms with Gasteiger partial charge in [0.15, 0.2) is 0 Å². The summed E-state index contributed by atoms with van der Waals surface area (Å²) in [6.45, 7) is 3.74. The van der Waals surface area contributed by atoms with Crippen LogP contribution in [0.3, 0.4) is 0 Å². The van der Waals surface area contributed by atoms with Gasteiger partial charge in [-0.3, -0.25) is 29.7 Å². The van der Waals surface area contributed by atoms with Crippen molar-refractivity contribution in [3.05, 3.63) is 54.1 Å². The molecule has 2 atom stereocenters. The molecule has 0 aliphatic carbocycles. The highest BCUT2D eigenvalue weighted by Gasteiger charge is 2.27. The minimum absolute atomic E-state index is 0.00971. The van der Waals surface area contributed by atoms with Crippen LogP contribution in [0.15, 0.2) is 42.9 Å². The number of hydrogen-bond donors (Lipinski definition) is 4. The summed E-state index contributed by atoms with van der Waals surface area (Å²) in [4.78, 5) is 43.1. The Labute approximate surface area is 168 Å². The Bertz CT molecular complexity index is 840. The van der Waals surface area contributed by atoms with Gasteiger partial charge in [0.2, 0.25) is 0 Å². The van der Waals surface area contributed by atoms with Crippen molar-refractivity contribution in [3.8, 4) is 0 Å². The summed E-state index contributed by atoms with van der Waals surface area (Å²) in [7, 11) is 0. The van der Waals surface area contributed by atoms with Gasteiger partial charge in [-0.15, -0.1) is 0 Å². The first-order valence-corrected chi connectivity index (χ1v) is 9.14. The molecule has 0 aliphatic heterocycles. The number of carbonyl (C=O) groups excluding carboxylic acids is 1. The van der Waals surface area contributed by atoms with E-state index < -0.39 is 24.0 Å². The zero-order chi connectivity index (χ0) is 21.4. The number of carbonyl (C=O) groups is 3. The van der Waals surface area contributed by atoms with Crippen molar-refractivity contribution in [1.82, 2.24) is 15.3 Å². The molecule has 9 heteroatoms. The van der Waals surface area contributed by atoms with Crippen molar-refractivity contribution in [3.63, 3.8) is 0 Å². The Morgan fingerprint density at radius 3 is 2.17 bits per heavy atom. The molecule has 2 heterocycles. The zero-order valence-corrected chi connectivity index (χ0v) is 16.2. The normalized spacial score (nSPS) is 12.9. The van der Waals surface area contributed by atoms with E-state index in [0.29, 0.717) is 23.4 Å². The molecule has 1 amide bonds. The Morgan fingerprint density at radius 2 is 1.66 bits per heavy atom. The number of carboxylic acid groups (broad SMARTS) is 2. The van der Waals surface area contributed by atoms with E-state index in [4.69, 9.17) is 0 Å². The lowest BCUT2D eigenvalue weighted by atomic mass is 10.0. The molecule has 2 rings (SSSR count). The molecule has 154 valence electrons. The maximum Gasteiger partial charge on any atom is 0.321 e. The van der Waals surface area contributed by atoms with Gasteiger partial charge in [-0.2, -0.15) is 0 Å². The Morgan fingerprint density at radius 1 is 1.00 bits per heavy atom. The molecule has 0 aromatic carbocycles. The van der Waals surface area contributed by atoms with Crippen molar-refractivity contribution < 1.29 is 24.6 Å². The third-order valence-corrected chi connectivity index (χ3v) is 4.14. The van der Waals surface area contributed by atoms with E-state index in [2.05, 4.69) is 20.6 Å². The molecular formula is C20H24N4O5. The highest BCUT2D eigenvalue weighted by atomic mass is 16.4. The predicted molar refractivity (Wildman–Crippen MR) is 106 cm³/mol. The van der Waals surface area contributed by atoms with Crippen LogP contribution in [0, 0.1) is 5.92 Å². The number of nitrogens with one attached hydrogen (secondary N) is 2. The van der Waals surface area contributed by atoms with Crippen LogP contribution in [0.1, 0.15) is 36.3 Å². The monoisotopic (exact) mass is 400 g/mol. The van der Waals surface area contributed by atoms with E-state index in [-0.39, 0.29) is 18.2 Å². The van der Waals surface area contributed by atoms with Gasteiger partial charge in [-0.25, -0.2) is 0 Å². The molecule has 0 saturated heterocycles. The number of aliphatic carboxylic acids is 2. The molecule has 0 unspecified atom stereocenters. The number of anilines is 1. The topological polar surface area (TPSA) is 142 Å². The van der Waals surface area contributed by atoms with Gasteiger partial charge < -0.3 is 15.5 Å². The van der Waals surface area contributed by atoms with Crippen LogP contribution >= 0.6 is 0 Å². The fraction of sp³-hybridized carbons (Fsp3) is 0.350. The molecule has 2 aromatic rings. The Kier molecular flexibility index (Phi) is 7.79. The van der Waals surface area contributed by atoms with E-state index in [9.17, 15) is 24.6 Å². The minimum Gasteiger partial charge on any atom is -0.480 e. The van der Waals surface area contributed by atoms with Crippen molar-refractivity contribution in [2.75, 3.05) is 5.32 Å². The summed E-state index contributed by atoms with van der Waals surface area (Å²) < 4.78 is 0. The van der Waals surface area contributed by atoms with Crippen molar-refractivity contribution in [1.29, 1.82) is 0 Å². The number of rotatable bonds is 10. The third-order valence-electron chi connectivity index (χ3n) is 4.14. The molecule has 0 saturated carbocycles. The average Bonchev–Trinajstić information content (AvgIpc) is 2.68. The van der Waals surface area contributed by atoms with Crippen molar-refractivity contribution in [2.45, 2.75) is 38.8 Å². The van der Waals surface area contributed by atoms with Crippen LogP contribution in [-0.4, -0.2) is 50.1 Å². The second-order valence-corrected chi connectivity index (χ2v) is 7.01. The van der Waals surface area contributed by atoms with Gasteiger partial charge in [0.05, 0.1) is 11.9 Å². The number of amides is 1. The summed E-state index contributed by atoms with van der Waals surface area (Å²) >= 11 is 0. The van der Waals surface area contributed by atoms with Gasteiger partial charge in [0, 0.05) is 30.1 Å². The summed E-state index contributed by atoms with van der Waals surface area (Å²) in [5, 5.41) is 24.1. The van der Waals surface area contributed by atoms with E-state index in [1.165, 1.54) is 18.6 Å². The molecule has 0 aliphatic rings. The molecular weight excluding hydrogens is 376 g/mol. The van der Waals surface area contributed by atoms with Crippen LogP contribution in [0.2, 0.25) is 0 Å². The first-order valence-electron chi connectivity index (χ1n) is 9.14. The standard InChI is InChI=1S/C20H24N4O5/c1-12(2)9-16(19(26)27)24-17(20(28)29)10-14-3-4-15(11-22-14)23-18(25)13-5-7-21-8-6-13/h3-8,11-12,16-17,24H,9-10H2,1-2H3,(H,23,25)(H,26,27)(H,28,29)/t16-,17-/m0/s1. The quantitative estimate of drug-likeness (QED) is 0.473. The third kappa shape index (κ3) is 6.96. The predicted octanol–water partition coefficient (Wildman–Crippen LogP) is 1.81. The van der Waals surface area contributed by atoms with Gasteiger partial charge >= 0.3 is 11.9 Å². The Balaban J connectivity index is 2.02. The van der Waals surface area contributed by atoms with Gasteiger partial charge in [0.1, 0.15) is 12.1 Å². The zero-order valence-electron chi connectivity index (χ0n) is 16.2.